The third kappa shape index (κ3) is 7.08. The molecule has 0 fully saturated rings. The van der Waals surface area contributed by atoms with Gasteiger partial charge in [-0.15, -0.1) is 0 Å². The average molecular weight is 561 g/mol. The predicted molar refractivity (Wildman–Crippen MR) is 151 cm³/mol. The van der Waals surface area contributed by atoms with Crippen molar-refractivity contribution in [2.45, 2.75) is 13.2 Å². The lowest BCUT2D eigenvalue weighted by Crippen LogP contribution is -2.01. The number of methoxy groups -OCH3 is 1. The zero-order valence-corrected chi connectivity index (χ0v) is 22.3. The van der Waals surface area contributed by atoms with Crippen molar-refractivity contribution < 1.29 is 19.1 Å². The summed E-state index contributed by atoms with van der Waals surface area (Å²) in [6, 6.07) is 26.4. The van der Waals surface area contributed by atoms with Crippen molar-refractivity contribution in [3.8, 4) is 23.3 Å². The highest BCUT2D eigenvalue weighted by molar-refractivity contribution is 6.37. The van der Waals surface area contributed by atoms with Crippen LogP contribution >= 0.6 is 23.2 Å². The molecular weight excluding hydrogens is 539 g/mol. The molecule has 196 valence electrons. The first-order valence-electron chi connectivity index (χ1n) is 11.7. The van der Waals surface area contributed by atoms with Gasteiger partial charge in [0.25, 0.3) is 5.69 Å². The van der Waals surface area contributed by atoms with Gasteiger partial charge >= 0.3 is 0 Å². The predicted octanol–water partition coefficient (Wildman–Crippen LogP) is 8.13. The molecule has 39 heavy (non-hydrogen) atoms. The molecule has 0 bridgehead atoms. The summed E-state index contributed by atoms with van der Waals surface area (Å²) in [5, 5.41) is 21.0. The molecule has 0 aliphatic heterocycles. The Balaban J connectivity index is 1.46. The number of ether oxygens (including phenoxy) is 3. The average Bonchev–Trinajstić information content (AvgIpc) is 2.95. The number of non-ortho nitro benzene ring substituents is 1. The summed E-state index contributed by atoms with van der Waals surface area (Å²) in [6.45, 7) is 0.590. The van der Waals surface area contributed by atoms with Crippen molar-refractivity contribution in [2.24, 2.45) is 0 Å². The Morgan fingerprint density at radius 1 is 0.897 bits per heavy atom. The van der Waals surface area contributed by atoms with Crippen LogP contribution in [0.25, 0.3) is 11.6 Å². The number of rotatable bonds is 10. The Morgan fingerprint density at radius 3 is 2.18 bits per heavy atom. The number of hydrogen-bond acceptors (Lipinski definition) is 6. The number of benzene rings is 4. The fourth-order valence-corrected chi connectivity index (χ4v) is 4.34. The Hall–Kier alpha value is -4.51. The van der Waals surface area contributed by atoms with Crippen LogP contribution in [0.1, 0.15) is 22.3 Å². The second-order valence-electron chi connectivity index (χ2n) is 8.34. The van der Waals surface area contributed by atoms with E-state index in [2.05, 4.69) is 6.07 Å². The third-order valence-corrected chi connectivity index (χ3v) is 6.25. The van der Waals surface area contributed by atoms with Gasteiger partial charge in [0.05, 0.1) is 33.7 Å². The van der Waals surface area contributed by atoms with Gasteiger partial charge in [0.15, 0.2) is 17.2 Å². The van der Waals surface area contributed by atoms with Crippen molar-refractivity contribution in [1.82, 2.24) is 0 Å². The molecule has 0 saturated carbocycles. The fraction of sp³-hybridized carbons (Fsp3) is 0.100. The Kier molecular flexibility index (Phi) is 9.06. The van der Waals surface area contributed by atoms with Gasteiger partial charge in [-0.2, -0.15) is 5.26 Å². The summed E-state index contributed by atoms with van der Waals surface area (Å²) >= 11 is 12.9. The van der Waals surface area contributed by atoms with Crippen LogP contribution in [0.15, 0.2) is 84.9 Å². The number of nitriles is 1. The lowest BCUT2D eigenvalue weighted by atomic mass is 10.0. The normalized spacial score (nSPS) is 11.0. The van der Waals surface area contributed by atoms with E-state index >= 15 is 0 Å². The van der Waals surface area contributed by atoms with Crippen molar-refractivity contribution in [3.05, 3.63) is 127 Å². The Morgan fingerprint density at radius 2 is 1.56 bits per heavy atom. The molecule has 0 aliphatic rings. The molecular formula is C30H22Cl2N2O5. The lowest BCUT2D eigenvalue weighted by molar-refractivity contribution is -0.384. The molecule has 4 rings (SSSR count). The summed E-state index contributed by atoms with van der Waals surface area (Å²) in [6.07, 6.45) is 1.60. The summed E-state index contributed by atoms with van der Waals surface area (Å²) < 4.78 is 17.3. The summed E-state index contributed by atoms with van der Waals surface area (Å²) in [5.41, 5.74) is 3.21. The minimum atomic E-state index is -0.498. The van der Waals surface area contributed by atoms with E-state index in [4.69, 9.17) is 37.4 Å². The number of halogens is 2. The molecule has 0 heterocycles. The van der Waals surface area contributed by atoms with Gasteiger partial charge in [-0.3, -0.25) is 10.1 Å². The van der Waals surface area contributed by atoms with E-state index in [1.54, 1.807) is 25.3 Å². The van der Waals surface area contributed by atoms with Crippen LogP contribution in [0.2, 0.25) is 10.0 Å². The largest absolute Gasteiger partial charge is 0.493 e. The number of hydrogen-bond donors (Lipinski definition) is 0. The molecule has 0 aromatic heterocycles. The van der Waals surface area contributed by atoms with Gasteiger partial charge in [0, 0.05) is 12.1 Å². The molecule has 0 amide bonds. The topological polar surface area (TPSA) is 94.6 Å². The van der Waals surface area contributed by atoms with E-state index in [-0.39, 0.29) is 22.3 Å². The van der Waals surface area contributed by atoms with Gasteiger partial charge < -0.3 is 14.2 Å². The molecule has 0 radical (unpaired) electrons. The molecule has 0 unspecified atom stereocenters. The number of nitro benzene ring substituents is 1. The Labute approximate surface area is 235 Å². The smallest absolute Gasteiger partial charge is 0.269 e. The van der Waals surface area contributed by atoms with Crippen LogP contribution in [0.5, 0.6) is 17.2 Å². The van der Waals surface area contributed by atoms with Gasteiger partial charge in [-0.05, 0) is 64.7 Å². The molecule has 0 spiro atoms. The molecule has 9 heteroatoms. The van der Waals surface area contributed by atoms with Crippen molar-refractivity contribution in [1.29, 1.82) is 5.26 Å². The van der Waals surface area contributed by atoms with Crippen LogP contribution < -0.4 is 14.2 Å². The molecule has 0 aliphatic carbocycles. The first kappa shape index (κ1) is 27.5. The zero-order valence-electron chi connectivity index (χ0n) is 20.8. The standard InChI is InChI=1S/C30H22Cl2N2O5/c1-37-29-16-21(7-12-28(29)38-18-20-5-3-2-4-6-20)19-39-30-26(31)14-22(15-27(30)32)13-24(17-33)23-8-10-25(11-9-23)34(35)36/h2-16H,18-19H2,1H3/b24-13+. The summed E-state index contributed by atoms with van der Waals surface area (Å²) in [5.74, 6) is 1.48. The van der Waals surface area contributed by atoms with Crippen molar-refractivity contribution >= 4 is 40.5 Å². The molecule has 7 nitrogen and oxygen atoms in total. The quantitative estimate of drug-likeness (QED) is 0.0840. The van der Waals surface area contributed by atoms with Crippen LogP contribution in [0.4, 0.5) is 5.69 Å². The maximum absolute atomic E-state index is 10.9. The van der Waals surface area contributed by atoms with Crippen LogP contribution in [-0.4, -0.2) is 12.0 Å². The second kappa shape index (κ2) is 12.8. The van der Waals surface area contributed by atoms with Gasteiger partial charge in [-0.1, -0.05) is 59.6 Å². The first-order chi connectivity index (χ1) is 18.9. The minimum Gasteiger partial charge on any atom is -0.493 e. The van der Waals surface area contributed by atoms with Crippen molar-refractivity contribution in [2.75, 3.05) is 7.11 Å². The Bertz CT molecular complexity index is 1530. The zero-order chi connectivity index (χ0) is 27.8. The second-order valence-corrected chi connectivity index (χ2v) is 9.15. The highest BCUT2D eigenvalue weighted by Crippen LogP contribution is 2.37. The van der Waals surface area contributed by atoms with Gasteiger partial charge in [0.2, 0.25) is 0 Å². The van der Waals surface area contributed by atoms with E-state index < -0.39 is 4.92 Å². The summed E-state index contributed by atoms with van der Waals surface area (Å²) in [4.78, 5) is 10.4. The van der Waals surface area contributed by atoms with E-state index in [0.29, 0.717) is 40.6 Å². The molecule has 0 saturated heterocycles. The first-order valence-corrected chi connectivity index (χ1v) is 12.5. The highest BCUT2D eigenvalue weighted by atomic mass is 35.5. The van der Waals surface area contributed by atoms with E-state index in [1.165, 1.54) is 24.3 Å². The molecule has 4 aromatic carbocycles. The molecule has 4 aromatic rings. The minimum absolute atomic E-state index is 0.0596. The number of nitrogens with zero attached hydrogens (tertiary/aromatic N) is 2. The van der Waals surface area contributed by atoms with E-state index in [1.807, 2.05) is 48.5 Å². The van der Waals surface area contributed by atoms with E-state index in [0.717, 1.165) is 11.1 Å². The van der Waals surface area contributed by atoms with Crippen LogP contribution in [-0.2, 0) is 13.2 Å². The molecule has 0 N–H and O–H groups in total. The maximum atomic E-state index is 10.9. The van der Waals surface area contributed by atoms with Gasteiger partial charge in [0.1, 0.15) is 13.2 Å². The van der Waals surface area contributed by atoms with Crippen LogP contribution in [0.3, 0.4) is 0 Å². The third-order valence-electron chi connectivity index (χ3n) is 5.69. The number of nitro groups is 1. The van der Waals surface area contributed by atoms with Crippen molar-refractivity contribution in [3.63, 3.8) is 0 Å². The fourth-order valence-electron chi connectivity index (χ4n) is 3.72. The highest BCUT2D eigenvalue weighted by Gasteiger charge is 2.13. The lowest BCUT2D eigenvalue weighted by Gasteiger charge is -2.14. The summed E-state index contributed by atoms with van der Waals surface area (Å²) in [7, 11) is 1.57. The van der Waals surface area contributed by atoms with E-state index in [9.17, 15) is 15.4 Å². The molecule has 0 atom stereocenters. The maximum Gasteiger partial charge on any atom is 0.269 e. The SMILES string of the molecule is COc1cc(COc2c(Cl)cc(/C=C(\C#N)c3ccc([N+](=O)[O-])cc3)cc2Cl)ccc1OCc1ccccc1. The van der Waals surface area contributed by atoms with Crippen LogP contribution in [0, 0.1) is 21.4 Å². The monoisotopic (exact) mass is 560 g/mol. The number of allylic oxidation sites excluding steroid dienone is 1. The van der Waals surface area contributed by atoms with Gasteiger partial charge in [-0.25, -0.2) is 0 Å².